The van der Waals surface area contributed by atoms with Crippen LogP contribution in [0.15, 0.2) is 6.07 Å². The van der Waals surface area contributed by atoms with Crippen molar-refractivity contribution >= 4 is 5.91 Å². The topological polar surface area (TPSA) is 70.7 Å². The van der Waals surface area contributed by atoms with Gasteiger partial charge in [-0.1, -0.05) is 20.8 Å². The molecule has 98 valence electrons. The Hall–Kier alpha value is -1.83. The number of nitrogens with zero attached hydrogens (tertiary/aromatic N) is 3. The Morgan fingerprint density at radius 1 is 1.56 bits per heavy atom. The molecule has 0 saturated carbocycles. The van der Waals surface area contributed by atoms with E-state index in [1.807, 2.05) is 27.7 Å². The monoisotopic (exact) mass is 248 g/mol. The van der Waals surface area contributed by atoms with Crippen molar-refractivity contribution in [1.29, 1.82) is 5.26 Å². The molecular weight excluding hydrogens is 228 g/mol. The standard InChI is InChI=1S/C13H20N4O/c1-5-10-7-12(17(6-2)16-10)13(18)15-11(8-14)9(3)4/h7,9,11H,5-6H2,1-4H3,(H,15,18). The fraction of sp³-hybridized carbons (Fsp3) is 0.615. The molecule has 5 heteroatoms. The summed E-state index contributed by atoms with van der Waals surface area (Å²) in [7, 11) is 0. The summed E-state index contributed by atoms with van der Waals surface area (Å²) in [6.45, 7) is 8.39. The molecule has 0 fully saturated rings. The molecule has 18 heavy (non-hydrogen) atoms. The van der Waals surface area contributed by atoms with Crippen molar-refractivity contribution in [2.45, 2.75) is 46.7 Å². The molecule has 0 aromatic carbocycles. The molecule has 0 aliphatic rings. The highest BCUT2D eigenvalue weighted by Gasteiger charge is 2.19. The van der Waals surface area contributed by atoms with E-state index in [9.17, 15) is 4.79 Å². The van der Waals surface area contributed by atoms with Gasteiger partial charge in [0, 0.05) is 6.54 Å². The predicted octanol–water partition coefficient (Wildman–Crippen LogP) is 1.74. The van der Waals surface area contributed by atoms with Gasteiger partial charge in [0.15, 0.2) is 0 Å². The van der Waals surface area contributed by atoms with E-state index in [2.05, 4.69) is 16.5 Å². The molecule has 1 aromatic rings. The van der Waals surface area contributed by atoms with Crippen LogP contribution >= 0.6 is 0 Å². The van der Waals surface area contributed by atoms with Gasteiger partial charge in [0.1, 0.15) is 11.7 Å². The van der Waals surface area contributed by atoms with Crippen molar-refractivity contribution in [3.05, 3.63) is 17.5 Å². The van der Waals surface area contributed by atoms with Crippen molar-refractivity contribution in [3.8, 4) is 6.07 Å². The number of hydrogen-bond acceptors (Lipinski definition) is 3. The number of amides is 1. The first-order valence-electron chi connectivity index (χ1n) is 6.30. The van der Waals surface area contributed by atoms with Crippen molar-refractivity contribution in [3.63, 3.8) is 0 Å². The lowest BCUT2D eigenvalue weighted by atomic mass is 10.1. The van der Waals surface area contributed by atoms with Crippen molar-refractivity contribution in [2.24, 2.45) is 5.92 Å². The van der Waals surface area contributed by atoms with Crippen LogP contribution in [0.3, 0.4) is 0 Å². The van der Waals surface area contributed by atoms with Crippen LogP contribution in [-0.4, -0.2) is 21.7 Å². The predicted molar refractivity (Wildman–Crippen MR) is 69.0 cm³/mol. The van der Waals surface area contributed by atoms with E-state index in [0.717, 1.165) is 12.1 Å². The summed E-state index contributed by atoms with van der Waals surface area (Å²) in [6, 6.07) is 3.41. The third kappa shape index (κ3) is 3.10. The molecule has 1 atom stereocenters. The summed E-state index contributed by atoms with van der Waals surface area (Å²) >= 11 is 0. The molecule has 0 aliphatic heterocycles. The summed E-state index contributed by atoms with van der Waals surface area (Å²) in [6.07, 6.45) is 0.791. The highest BCUT2D eigenvalue weighted by molar-refractivity contribution is 5.93. The zero-order valence-electron chi connectivity index (χ0n) is 11.4. The van der Waals surface area contributed by atoms with Gasteiger partial charge in [-0.2, -0.15) is 10.4 Å². The van der Waals surface area contributed by atoms with Gasteiger partial charge >= 0.3 is 0 Å². The Morgan fingerprint density at radius 2 is 2.22 bits per heavy atom. The van der Waals surface area contributed by atoms with Gasteiger partial charge in [-0.25, -0.2) is 0 Å². The Kier molecular flexibility index (Phi) is 4.90. The van der Waals surface area contributed by atoms with Crippen molar-refractivity contribution in [1.82, 2.24) is 15.1 Å². The van der Waals surface area contributed by atoms with Crippen molar-refractivity contribution < 1.29 is 4.79 Å². The van der Waals surface area contributed by atoms with E-state index >= 15 is 0 Å². The molecular formula is C13H20N4O. The number of carbonyl (C=O) groups is 1. The molecule has 0 radical (unpaired) electrons. The zero-order chi connectivity index (χ0) is 13.7. The van der Waals surface area contributed by atoms with E-state index in [1.165, 1.54) is 0 Å². The Morgan fingerprint density at radius 3 is 2.67 bits per heavy atom. The SMILES string of the molecule is CCc1cc(C(=O)NC(C#N)C(C)C)n(CC)n1. The van der Waals surface area contributed by atoms with Crippen LogP contribution < -0.4 is 5.32 Å². The lowest BCUT2D eigenvalue weighted by Crippen LogP contribution is -2.38. The third-order valence-corrected chi connectivity index (χ3v) is 2.82. The lowest BCUT2D eigenvalue weighted by molar-refractivity contribution is 0.0927. The van der Waals surface area contributed by atoms with Crippen LogP contribution in [0.4, 0.5) is 0 Å². The van der Waals surface area contributed by atoms with Crippen LogP contribution in [0.25, 0.3) is 0 Å². The Bertz CT molecular complexity index is 456. The minimum absolute atomic E-state index is 0.0857. The second-order valence-corrected chi connectivity index (χ2v) is 4.51. The maximum Gasteiger partial charge on any atom is 0.270 e. The Labute approximate surface area is 108 Å². The van der Waals surface area contributed by atoms with E-state index in [4.69, 9.17) is 5.26 Å². The number of rotatable bonds is 5. The zero-order valence-corrected chi connectivity index (χ0v) is 11.4. The van der Waals surface area contributed by atoms with E-state index in [0.29, 0.717) is 12.2 Å². The summed E-state index contributed by atoms with van der Waals surface area (Å²) in [5.74, 6) is -0.146. The molecule has 0 aliphatic carbocycles. The number of aromatic nitrogens is 2. The molecule has 1 rings (SSSR count). The maximum absolute atomic E-state index is 12.1. The van der Waals surface area contributed by atoms with E-state index in [-0.39, 0.29) is 11.8 Å². The molecule has 0 spiro atoms. The van der Waals surface area contributed by atoms with E-state index in [1.54, 1.807) is 10.7 Å². The van der Waals surface area contributed by atoms with Gasteiger partial charge in [-0.15, -0.1) is 0 Å². The first-order valence-corrected chi connectivity index (χ1v) is 6.30. The summed E-state index contributed by atoms with van der Waals surface area (Å²) in [5.41, 5.74) is 1.41. The van der Waals surface area contributed by atoms with Crippen molar-refractivity contribution in [2.75, 3.05) is 0 Å². The van der Waals surface area contributed by atoms with Gasteiger partial charge < -0.3 is 5.32 Å². The number of hydrogen-bond donors (Lipinski definition) is 1. The molecule has 1 N–H and O–H groups in total. The molecule has 5 nitrogen and oxygen atoms in total. The third-order valence-electron chi connectivity index (χ3n) is 2.82. The molecule has 1 heterocycles. The molecule has 0 bridgehead atoms. The first kappa shape index (κ1) is 14.2. The fourth-order valence-corrected chi connectivity index (χ4v) is 1.63. The van der Waals surface area contributed by atoms with Gasteiger partial charge in [0.25, 0.3) is 5.91 Å². The van der Waals surface area contributed by atoms with Crippen LogP contribution in [0.2, 0.25) is 0 Å². The quantitative estimate of drug-likeness (QED) is 0.862. The van der Waals surface area contributed by atoms with Crippen LogP contribution in [0.1, 0.15) is 43.9 Å². The lowest BCUT2D eigenvalue weighted by Gasteiger charge is -2.14. The fourth-order valence-electron chi connectivity index (χ4n) is 1.63. The smallest absolute Gasteiger partial charge is 0.270 e. The van der Waals surface area contributed by atoms with Crippen LogP contribution in [-0.2, 0) is 13.0 Å². The first-order chi connectivity index (χ1) is 8.53. The van der Waals surface area contributed by atoms with Gasteiger partial charge in [-0.3, -0.25) is 9.48 Å². The average Bonchev–Trinajstić information content (AvgIpc) is 2.78. The highest BCUT2D eigenvalue weighted by Crippen LogP contribution is 2.07. The number of aryl methyl sites for hydroxylation is 2. The average molecular weight is 248 g/mol. The highest BCUT2D eigenvalue weighted by atomic mass is 16.2. The van der Waals surface area contributed by atoms with E-state index < -0.39 is 6.04 Å². The molecule has 0 saturated heterocycles. The van der Waals surface area contributed by atoms with Crippen LogP contribution in [0.5, 0.6) is 0 Å². The minimum Gasteiger partial charge on any atom is -0.335 e. The molecule has 1 amide bonds. The number of carbonyl (C=O) groups excluding carboxylic acids is 1. The number of nitrogens with one attached hydrogen (secondary N) is 1. The minimum atomic E-state index is -0.470. The van der Waals surface area contributed by atoms with Crippen LogP contribution in [0, 0.1) is 17.2 Å². The summed E-state index contributed by atoms with van der Waals surface area (Å²) in [5, 5.41) is 16.0. The summed E-state index contributed by atoms with van der Waals surface area (Å²) < 4.78 is 1.67. The Balaban J connectivity index is 2.90. The normalized spacial score (nSPS) is 12.2. The largest absolute Gasteiger partial charge is 0.335 e. The maximum atomic E-state index is 12.1. The van der Waals surface area contributed by atoms with Gasteiger partial charge in [0.2, 0.25) is 0 Å². The second-order valence-electron chi connectivity index (χ2n) is 4.51. The van der Waals surface area contributed by atoms with Gasteiger partial charge in [0.05, 0.1) is 11.8 Å². The molecule has 1 unspecified atom stereocenters. The second kappa shape index (κ2) is 6.20. The number of nitriles is 1. The van der Waals surface area contributed by atoms with Gasteiger partial charge in [-0.05, 0) is 25.3 Å². The summed E-state index contributed by atoms with van der Waals surface area (Å²) in [4.78, 5) is 12.1. The molecule has 1 aromatic heterocycles.